The molecule has 1 amide bonds. The van der Waals surface area contributed by atoms with E-state index in [4.69, 9.17) is 10.5 Å². The number of nitrogens with zero attached hydrogens (tertiary/aromatic N) is 1. The van der Waals surface area contributed by atoms with Crippen LogP contribution in [0.25, 0.3) is 0 Å². The standard InChI is InChI=1S/C14H29N3O2/c1-14(2,3)19-13(18)16-10-12-6-8-17(4)7-5-11(12)9-15/h11-12H,5-10,15H2,1-4H3,(H,16,18)/t11-,12-/m0/s1. The third-order valence-electron chi connectivity index (χ3n) is 3.64. The van der Waals surface area contributed by atoms with E-state index < -0.39 is 5.60 Å². The van der Waals surface area contributed by atoms with Crippen LogP contribution in [-0.4, -0.2) is 49.8 Å². The second-order valence-electron chi connectivity index (χ2n) is 6.52. The summed E-state index contributed by atoms with van der Waals surface area (Å²) in [6.07, 6.45) is 1.85. The number of hydrogen-bond donors (Lipinski definition) is 2. The van der Waals surface area contributed by atoms with Crippen LogP contribution in [-0.2, 0) is 4.74 Å². The Labute approximate surface area is 116 Å². The van der Waals surface area contributed by atoms with E-state index >= 15 is 0 Å². The highest BCUT2D eigenvalue weighted by molar-refractivity contribution is 5.67. The highest BCUT2D eigenvalue weighted by atomic mass is 16.6. The molecule has 0 aromatic heterocycles. The molecule has 0 saturated carbocycles. The molecule has 5 heteroatoms. The second kappa shape index (κ2) is 7.10. The van der Waals surface area contributed by atoms with E-state index in [0.717, 1.165) is 25.9 Å². The fraction of sp³-hybridized carbons (Fsp3) is 0.929. The first-order chi connectivity index (χ1) is 8.81. The van der Waals surface area contributed by atoms with E-state index in [1.165, 1.54) is 0 Å². The van der Waals surface area contributed by atoms with Gasteiger partial charge in [0.2, 0.25) is 0 Å². The van der Waals surface area contributed by atoms with Crippen molar-refractivity contribution in [3.8, 4) is 0 Å². The van der Waals surface area contributed by atoms with Crippen molar-refractivity contribution >= 4 is 6.09 Å². The highest BCUT2D eigenvalue weighted by Gasteiger charge is 2.25. The van der Waals surface area contributed by atoms with Gasteiger partial charge in [0, 0.05) is 6.54 Å². The minimum atomic E-state index is -0.443. The molecule has 0 aliphatic carbocycles. The maximum atomic E-state index is 11.7. The number of nitrogens with two attached hydrogens (primary N) is 1. The Morgan fingerprint density at radius 3 is 2.42 bits per heavy atom. The molecule has 2 atom stereocenters. The molecule has 1 saturated heterocycles. The second-order valence-corrected chi connectivity index (χ2v) is 6.52. The predicted octanol–water partition coefficient (Wildman–Crippen LogP) is 1.43. The Morgan fingerprint density at radius 2 is 1.89 bits per heavy atom. The van der Waals surface area contributed by atoms with Gasteiger partial charge in [0.1, 0.15) is 5.60 Å². The molecule has 1 fully saturated rings. The summed E-state index contributed by atoms with van der Waals surface area (Å²) in [4.78, 5) is 14.0. The number of carbonyl (C=O) groups excluding carboxylic acids is 1. The summed E-state index contributed by atoms with van der Waals surface area (Å²) >= 11 is 0. The van der Waals surface area contributed by atoms with Gasteiger partial charge in [0.15, 0.2) is 0 Å². The van der Waals surface area contributed by atoms with Crippen molar-refractivity contribution in [2.24, 2.45) is 17.6 Å². The number of alkyl carbamates (subject to hydrolysis) is 1. The van der Waals surface area contributed by atoms with E-state index in [0.29, 0.717) is 24.9 Å². The molecule has 0 spiro atoms. The van der Waals surface area contributed by atoms with Crippen molar-refractivity contribution in [3.63, 3.8) is 0 Å². The predicted molar refractivity (Wildman–Crippen MR) is 77.0 cm³/mol. The zero-order chi connectivity index (χ0) is 14.5. The maximum absolute atomic E-state index is 11.7. The van der Waals surface area contributed by atoms with Crippen LogP contribution in [0.15, 0.2) is 0 Å². The zero-order valence-electron chi connectivity index (χ0n) is 12.7. The molecule has 1 aliphatic rings. The molecule has 19 heavy (non-hydrogen) atoms. The fourth-order valence-corrected chi connectivity index (χ4v) is 2.46. The highest BCUT2D eigenvalue weighted by Crippen LogP contribution is 2.22. The first-order valence-corrected chi connectivity index (χ1v) is 7.17. The number of amides is 1. The van der Waals surface area contributed by atoms with Gasteiger partial charge < -0.3 is 20.7 Å². The van der Waals surface area contributed by atoms with Crippen molar-refractivity contribution < 1.29 is 9.53 Å². The minimum absolute atomic E-state index is 0.333. The Morgan fingerprint density at radius 1 is 1.32 bits per heavy atom. The first kappa shape index (κ1) is 16.2. The van der Waals surface area contributed by atoms with E-state index in [1.54, 1.807) is 0 Å². The lowest BCUT2D eigenvalue weighted by molar-refractivity contribution is 0.0512. The van der Waals surface area contributed by atoms with E-state index in [9.17, 15) is 4.79 Å². The Balaban J connectivity index is 2.43. The zero-order valence-corrected chi connectivity index (χ0v) is 12.7. The molecule has 0 radical (unpaired) electrons. The van der Waals surface area contributed by atoms with Crippen molar-refractivity contribution in [2.45, 2.75) is 39.2 Å². The van der Waals surface area contributed by atoms with Crippen LogP contribution in [0.1, 0.15) is 33.6 Å². The monoisotopic (exact) mass is 271 g/mol. The molecule has 0 aromatic carbocycles. The molecule has 112 valence electrons. The van der Waals surface area contributed by atoms with E-state index in [1.807, 2.05) is 20.8 Å². The van der Waals surface area contributed by atoms with Gasteiger partial charge >= 0.3 is 6.09 Å². The van der Waals surface area contributed by atoms with Gasteiger partial charge in [-0.2, -0.15) is 0 Å². The van der Waals surface area contributed by atoms with Crippen molar-refractivity contribution in [2.75, 3.05) is 33.2 Å². The van der Waals surface area contributed by atoms with E-state index in [2.05, 4.69) is 17.3 Å². The normalized spacial score (nSPS) is 25.7. The maximum Gasteiger partial charge on any atom is 0.407 e. The van der Waals surface area contributed by atoms with Crippen LogP contribution >= 0.6 is 0 Å². The van der Waals surface area contributed by atoms with Crippen LogP contribution in [0.2, 0.25) is 0 Å². The van der Waals surface area contributed by atoms with Crippen LogP contribution in [0, 0.1) is 11.8 Å². The largest absolute Gasteiger partial charge is 0.444 e. The number of hydrogen-bond acceptors (Lipinski definition) is 4. The third kappa shape index (κ3) is 6.25. The number of rotatable bonds is 3. The fourth-order valence-electron chi connectivity index (χ4n) is 2.46. The molecule has 0 unspecified atom stereocenters. The summed E-state index contributed by atoms with van der Waals surface area (Å²) in [5.41, 5.74) is 5.41. The average Bonchev–Trinajstić information content (AvgIpc) is 2.46. The molecule has 3 N–H and O–H groups in total. The van der Waals surface area contributed by atoms with Gasteiger partial charge in [-0.1, -0.05) is 0 Å². The number of carbonyl (C=O) groups is 1. The molecule has 5 nitrogen and oxygen atoms in total. The SMILES string of the molecule is CN1CC[C@@H](CN)[C@H](CNC(=O)OC(C)(C)C)CC1. The Hall–Kier alpha value is -0.810. The lowest BCUT2D eigenvalue weighted by atomic mass is 9.88. The van der Waals surface area contributed by atoms with Gasteiger partial charge in [0.05, 0.1) is 0 Å². The van der Waals surface area contributed by atoms with Crippen LogP contribution in [0.5, 0.6) is 0 Å². The third-order valence-corrected chi connectivity index (χ3v) is 3.64. The molecule has 1 heterocycles. The van der Waals surface area contributed by atoms with Gasteiger partial charge in [-0.3, -0.25) is 0 Å². The lowest BCUT2D eigenvalue weighted by Crippen LogP contribution is -2.38. The van der Waals surface area contributed by atoms with Crippen molar-refractivity contribution in [1.29, 1.82) is 0 Å². The summed E-state index contributed by atoms with van der Waals surface area (Å²) in [5, 5.41) is 2.88. The van der Waals surface area contributed by atoms with E-state index in [-0.39, 0.29) is 6.09 Å². The molecule has 1 aliphatic heterocycles. The summed E-state index contributed by atoms with van der Waals surface area (Å²) < 4.78 is 5.26. The Bertz CT molecular complexity index is 289. The minimum Gasteiger partial charge on any atom is -0.444 e. The first-order valence-electron chi connectivity index (χ1n) is 7.17. The van der Waals surface area contributed by atoms with Crippen molar-refractivity contribution in [3.05, 3.63) is 0 Å². The van der Waals surface area contributed by atoms with Gasteiger partial charge in [-0.05, 0) is 72.1 Å². The summed E-state index contributed by atoms with van der Waals surface area (Å²) in [7, 11) is 2.14. The topological polar surface area (TPSA) is 67.6 Å². The summed E-state index contributed by atoms with van der Waals surface area (Å²) in [5.74, 6) is 0.933. The van der Waals surface area contributed by atoms with Crippen LogP contribution < -0.4 is 11.1 Å². The molecule has 0 aromatic rings. The van der Waals surface area contributed by atoms with Crippen molar-refractivity contribution in [1.82, 2.24) is 10.2 Å². The quantitative estimate of drug-likeness (QED) is 0.815. The summed E-state index contributed by atoms with van der Waals surface area (Å²) in [6, 6.07) is 0. The van der Waals surface area contributed by atoms with Crippen LogP contribution in [0.4, 0.5) is 4.79 Å². The number of nitrogens with one attached hydrogen (secondary N) is 1. The summed E-state index contributed by atoms with van der Waals surface area (Å²) in [6.45, 7) is 9.11. The lowest BCUT2D eigenvalue weighted by Gasteiger charge is -2.25. The average molecular weight is 271 g/mol. The smallest absolute Gasteiger partial charge is 0.407 e. The van der Waals surface area contributed by atoms with Gasteiger partial charge in [-0.25, -0.2) is 4.79 Å². The van der Waals surface area contributed by atoms with Crippen LogP contribution in [0.3, 0.4) is 0 Å². The molecular weight excluding hydrogens is 242 g/mol. The number of ether oxygens (including phenoxy) is 1. The van der Waals surface area contributed by atoms with Gasteiger partial charge in [-0.15, -0.1) is 0 Å². The molecular formula is C14H29N3O2. The number of likely N-dealkylation sites (tertiary alicyclic amines) is 1. The molecule has 0 bridgehead atoms. The Kier molecular flexibility index (Phi) is 6.07. The van der Waals surface area contributed by atoms with Gasteiger partial charge in [0.25, 0.3) is 0 Å². The molecule has 1 rings (SSSR count).